The fraction of sp³-hybridized carbons (Fsp3) is 0.462. The minimum atomic E-state index is -0.726. The highest BCUT2D eigenvalue weighted by Gasteiger charge is 2.10. The molecule has 0 aliphatic heterocycles. The Balaban J connectivity index is 2.29. The number of nitrogens with zero attached hydrogens (tertiary/aromatic N) is 3. The molecule has 1 unspecified atom stereocenters. The Kier molecular flexibility index (Phi) is 3.54. The summed E-state index contributed by atoms with van der Waals surface area (Å²) in [6, 6.07) is 6.01. The van der Waals surface area contributed by atoms with E-state index in [1.807, 2.05) is 48.7 Å². The van der Waals surface area contributed by atoms with Crippen molar-refractivity contribution in [2.45, 2.75) is 13.0 Å². The summed E-state index contributed by atoms with van der Waals surface area (Å²) in [6.45, 7) is 2.14. The van der Waals surface area contributed by atoms with Crippen molar-refractivity contribution in [3.8, 4) is 0 Å². The van der Waals surface area contributed by atoms with E-state index in [2.05, 4.69) is 4.98 Å². The monoisotopic (exact) mass is 249 g/mol. The van der Waals surface area contributed by atoms with Gasteiger partial charge in [0.1, 0.15) is 5.82 Å². The summed E-state index contributed by atoms with van der Waals surface area (Å²) in [5.74, 6) is 0.972. The van der Waals surface area contributed by atoms with Crippen LogP contribution in [-0.4, -0.2) is 46.1 Å². The lowest BCUT2D eigenvalue weighted by atomic mass is 10.2. The average Bonchev–Trinajstić information content (AvgIpc) is 2.64. The van der Waals surface area contributed by atoms with Crippen LogP contribution < -0.4 is 4.90 Å². The third-order valence-corrected chi connectivity index (χ3v) is 3.22. The van der Waals surface area contributed by atoms with E-state index in [1.165, 1.54) is 0 Å². The van der Waals surface area contributed by atoms with Gasteiger partial charge in [-0.3, -0.25) is 0 Å². The van der Waals surface area contributed by atoms with Gasteiger partial charge < -0.3 is 19.7 Å². The summed E-state index contributed by atoms with van der Waals surface area (Å²) in [4.78, 5) is 6.39. The molecule has 1 atom stereocenters. The molecular weight excluding hydrogens is 230 g/mol. The Morgan fingerprint density at radius 2 is 2.17 bits per heavy atom. The normalized spacial score (nSPS) is 12.9. The smallest absolute Gasteiger partial charge is 0.106 e. The Labute approximate surface area is 106 Å². The Bertz CT molecular complexity index is 550. The van der Waals surface area contributed by atoms with Gasteiger partial charge in [-0.15, -0.1) is 0 Å². The van der Waals surface area contributed by atoms with Crippen molar-refractivity contribution in [1.82, 2.24) is 9.55 Å². The number of aliphatic hydroxyl groups is 2. The number of aromatic nitrogens is 2. The van der Waals surface area contributed by atoms with Crippen molar-refractivity contribution in [3.63, 3.8) is 0 Å². The van der Waals surface area contributed by atoms with Crippen LogP contribution in [0.3, 0.4) is 0 Å². The summed E-state index contributed by atoms with van der Waals surface area (Å²) < 4.78 is 2.04. The van der Waals surface area contributed by atoms with Crippen LogP contribution >= 0.6 is 0 Å². The number of aliphatic hydroxyl groups excluding tert-OH is 2. The van der Waals surface area contributed by atoms with E-state index in [9.17, 15) is 5.11 Å². The molecule has 0 saturated heterocycles. The van der Waals surface area contributed by atoms with Gasteiger partial charge >= 0.3 is 0 Å². The molecule has 0 radical (unpaired) electrons. The standard InChI is InChI=1S/C13H19N3O2/c1-9-14-12-6-10(4-5-13(12)16(9)3)15(2)7-11(18)8-17/h4-6,11,17-18H,7-8H2,1-3H3. The highest BCUT2D eigenvalue weighted by atomic mass is 16.3. The first kappa shape index (κ1) is 12.9. The SMILES string of the molecule is Cc1nc2cc(N(C)CC(O)CO)ccc2n1C. The van der Waals surface area contributed by atoms with Crippen LogP contribution in [0.5, 0.6) is 0 Å². The molecule has 18 heavy (non-hydrogen) atoms. The van der Waals surface area contributed by atoms with E-state index < -0.39 is 6.10 Å². The summed E-state index contributed by atoms with van der Waals surface area (Å²) in [5.41, 5.74) is 3.01. The van der Waals surface area contributed by atoms with E-state index in [1.54, 1.807) is 0 Å². The number of aryl methyl sites for hydroxylation is 2. The predicted octanol–water partition coefficient (Wildman–Crippen LogP) is 0.671. The van der Waals surface area contributed by atoms with Crippen molar-refractivity contribution in [2.75, 3.05) is 25.1 Å². The zero-order valence-corrected chi connectivity index (χ0v) is 11.0. The molecular formula is C13H19N3O2. The van der Waals surface area contributed by atoms with E-state index in [-0.39, 0.29) is 6.61 Å². The fourth-order valence-corrected chi connectivity index (χ4v) is 2.03. The third-order valence-electron chi connectivity index (χ3n) is 3.22. The Morgan fingerprint density at radius 3 is 2.83 bits per heavy atom. The maximum absolute atomic E-state index is 9.44. The molecule has 0 bridgehead atoms. The quantitative estimate of drug-likeness (QED) is 0.836. The molecule has 0 aliphatic rings. The van der Waals surface area contributed by atoms with Crippen LogP contribution in [0.1, 0.15) is 5.82 Å². The molecule has 2 aromatic rings. The van der Waals surface area contributed by atoms with Crippen LogP contribution in [-0.2, 0) is 7.05 Å². The number of rotatable bonds is 4. The first-order valence-electron chi connectivity index (χ1n) is 5.96. The minimum Gasteiger partial charge on any atom is -0.394 e. The number of anilines is 1. The van der Waals surface area contributed by atoms with E-state index in [0.717, 1.165) is 22.5 Å². The van der Waals surface area contributed by atoms with Crippen molar-refractivity contribution < 1.29 is 10.2 Å². The van der Waals surface area contributed by atoms with Crippen molar-refractivity contribution in [2.24, 2.45) is 7.05 Å². The lowest BCUT2D eigenvalue weighted by Gasteiger charge is -2.21. The van der Waals surface area contributed by atoms with Gasteiger partial charge in [0.05, 0.1) is 23.7 Å². The first-order chi connectivity index (χ1) is 8.52. The maximum atomic E-state index is 9.44. The van der Waals surface area contributed by atoms with Crippen LogP contribution in [0.4, 0.5) is 5.69 Å². The van der Waals surface area contributed by atoms with Crippen LogP contribution in [0.2, 0.25) is 0 Å². The number of hydrogen-bond donors (Lipinski definition) is 2. The summed E-state index contributed by atoms with van der Waals surface area (Å²) in [6.07, 6.45) is -0.726. The van der Waals surface area contributed by atoms with E-state index >= 15 is 0 Å². The van der Waals surface area contributed by atoms with Crippen LogP contribution in [0.15, 0.2) is 18.2 Å². The van der Waals surface area contributed by atoms with Gasteiger partial charge in [0.15, 0.2) is 0 Å². The number of hydrogen-bond acceptors (Lipinski definition) is 4. The number of fused-ring (bicyclic) bond motifs is 1. The lowest BCUT2D eigenvalue weighted by Crippen LogP contribution is -2.31. The van der Waals surface area contributed by atoms with Crippen LogP contribution in [0, 0.1) is 6.92 Å². The van der Waals surface area contributed by atoms with Gasteiger partial charge in [-0.25, -0.2) is 4.98 Å². The maximum Gasteiger partial charge on any atom is 0.106 e. The second-order valence-electron chi connectivity index (χ2n) is 4.61. The fourth-order valence-electron chi connectivity index (χ4n) is 2.03. The van der Waals surface area contributed by atoms with E-state index in [0.29, 0.717) is 6.54 Å². The molecule has 5 heteroatoms. The van der Waals surface area contributed by atoms with Gasteiger partial charge in [0, 0.05) is 26.3 Å². The average molecular weight is 249 g/mol. The van der Waals surface area contributed by atoms with Gasteiger partial charge in [-0.05, 0) is 25.1 Å². The second kappa shape index (κ2) is 4.96. The second-order valence-corrected chi connectivity index (χ2v) is 4.61. The van der Waals surface area contributed by atoms with Gasteiger partial charge in [-0.2, -0.15) is 0 Å². The number of benzene rings is 1. The molecule has 0 aliphatic carbocycles. The highest BCUT2D eigenvalue weighted by Crippen LogP contribution is 2.21. The third kappa shape index (κ3) is 2.32. The van der Waals surface area contributed by atoms with E-state index in [4.69, 9.17) is 5.11 Å². The molecule has 98 valence electrons. The zero-order chi connectivity index (χ0) is 13.3. The van der Waals surface area contributed by atoms with Crippen LogP contribution in [0.25, 0.3) is 11.0 Å². The number of imidazole rings is 1. The lowest BCUT2D eigenvalue weighted by molar-refractivity contribution is 0.101. The van der Waals surface area contributed by atoms with Gasteiger partial charge in [-0.1, -0.05) is 0 Å². The molecule has 1 aromatic carbocycles. The minimum absolute atomic E-state index is 0.227. The molecule has 1 aromatic heterocycles. The van der Waals surface area contributed by atoms with Crippen molar-refractivity contribution in [1.29, 1.82) is 0 Å². The van der Waals surface area contributed by atoms with Crippen molar-refractivity contribution in [3.05, 3.63) is 24.0 Å². The van der Waals surface area contributed by atoms with Crippen molar-refractivity contribution >= 4 is 16.7 Å². The van der Waals surface area contributed by atoms with Gasteiger partial charge in [0.25, 0.3) is 0 Å². The Hall–Kier alpha value is -1.59. The molecule has 2 rings (SSSR count). The molecule has 5 nitrogen and oxygen atoms in total. The molecule has 0 fully saturated rings. The summed E-state index contributed by atoms with van der Waals surface area (Å²) in [7, 11) is 3.87. The Morgan fingerprint density at radius 1 is 1.44 bits per heavy atom. The molecule has 1 heterocycles. The number of likely N-dealkylation sites (N-methyl/N-ethyl adjacent to an activating group) is 1. The molecule has 0 saturated carbocycles. The summed E-state index contributed by atoms with van der Waals surface area (Å²) >= 11 is 0. The molecule has 0 spiro atoms. The predicted molar refractivity (Wildman–Crippen MR) is 71.8 cm³/mol. The van der Waals surface area contributed by atoms with Gasteiger partial charge in [0.2, 0.25) is 0 Å². The topological polar surface area (TPSA) is 61.5 Å². The largest absolute Gasteiger partial charge is 0.394 e. The highest BCUT2D eigenvalue weighted by molar-refractivity contribution is 5.80. The molecule has 0 amide bonds. The molecule has 2 N–H and O–H groups in total. The first-order valence-corrected chi connectivity index (χ1v) is 5.96. The zero-order valence-electron chi connectivity index (χ0n) is 11.0. The summed E-state index contributed by atoms with van der Waals surface area (Å²) in [5, 5.41) is 18.3.